The maximum Gasteiger partial charge on any atom is 0.233 e. The Hall–Kier alpha value is -2.92. The minimum Gasteiger partial charge on any atom is -0.497 e. The molecule has 0 saturated heterocycles. The highest BCUT2D eigenvalue weighted by molar-refractivity contribution is 6.03. The van der Waals surface area contributed by atoms with E-state index in [4.69, 9.17) is 4.74 Å². The average molecular weight is 379 g/mol. The van der Waals surface area contributed by atoms with Gasteiger partial charge in [-0.1, -0.05) is 18.2 Å². The largest absolute Gasteiger partial charge is 0.497 e. The van der Waals surface area contributed by atoms with Crippen LogP contribution in [-0.4, -0.2) is 37.3 Å². The van der Waals surface area contributed by atoms with Crippen molar-refractivity contribution in [1.82, 2.24) is 4.98 Å². The molecule has 0 aliphatic rings. The molecule has 5 heteroatoms. The van der Waals surface area contributed by atoms with Gasteiger partial charge in [-0.05, 0) is 55.3 Å². The summed E-state index contributed by atoms with van der Waals surface area (Å²) >= 11 is 0. The number of hydrogen-bond donors (Lipinski definition) is 2. The SMILES string of the molecule is COc1ccc2cc(C[NH+](C)CC(=O)c3[nH]c(C)c(C(C)=O)c3C)ccc2c1. The quantitative estimate of drug-likeness (QED) is 0.621. The van der Waals surface area contributed by atoms with Crippen molar-refractivity contribution in [1.29, 1.82) is 0 Å². The number of hydrogen-bond acceptors (Lipinski definition) is 3. The summed E-state index contributed by atoms with van der Waals surface area (Å²) in [6.07, 6.45) is 0. The first kappa shape index (κ1) is 19.8. The summed E-state index contributed by atoms with van der Waals surface area (Å²) < 4.78 is 5.27. The smallest absolute Gasteiger partial charge is 0.233 e. The molecule has 3 aromatic rings. The Labute approximate surface area is 165 Å². The molecule has 0 saturated carbocycles. The van der Waals surface area contributed by atoms with Crippen molar-refractivity contribution < 1.29 is 19.2 Å². The molecule has 0 aliphatic carbocycles. The van der Waals surface area contributed by atoms with Gasteiger partial charge >= 0.3 is 0 Å². The van der Waals surface area contributed by atoms with Crippen molar-refractivity contribution in [3.05, 3.63) is 64.5 Å². The predicted octanol–water partition coefficient (Wildman–Crippen LogP) is 2.89. The van der Waals surface area contributed by atoms with E-state index in [2.05, 4.69) is 23.2 Å². The van der Waals surface area contributed by atoms with Crippen molar-refractivity contribution in [2.24, 2.45) is 0 Å². The Balaban J connectivity index is 1.72. The van der Waals surface area contributed by atoms with E-state index < -0.39 is 0 Å². The summed E-state index contributed by atoms with van der Waals surface area (Å²) in [5.74, 6) is 0.852. The molecule has 0 aliphatic heterocycles. The van der Waals surface area contributed by atoms with Crippen molar-refractivity contribution in [3.8, 4) is 5.75 Å². The number of fused-ring (bicyclic) bond motifs is 1. The highest BCUT2D eigenvalue weighted by Crippen LogP contribution is 2.22. The van der Waals surface area contributed by atoms with Gasteiger partial charge in [-0.25, -0.2) is 0 Å². The number of methoxy groups -OCH3 is 1. The lowest BCUT2D eigenvalue weighted by Gasteiger charge is -2.14. The first-order chi connectivity index (χ1) is 13.3. The number of benzene rings is 2. The molecule has 2 N–H and O–H groups in total. The van der Waals surface area contributed by atoms with Crippen molar-refractivity contribution in [2.45, 2.75) is 27.3 Å². The first-order valence-corrected chi connectivity index (χ1v) is 9.41. The molecular formula is C23H27N2O3+. The van der Waals surface area contributed by atoms with Crippen molar-refractivity contribution >= 4 is 22.3 Å². The molecule has 2 aromatic carbocycles. The zero-order valence-electron chi connectivity index (χ0n) is 17.1. The molecule has 0 fully saturated rings. The lowest BCUT2D eigenvalue weighted by Crippen LogP contribution is -3.08. The number of quaternary nitrogens is 1. The van der Waals surface area contributed by atoms with Gasteiger partial charge in [0, 0.05) is 16.8 Å². The van der Waals surface area contributed by atoms with Crippen LogP contribution in [0.25, 0.3) is 10.8 Å². The van der Waals surface area contributed by atoms with Gasteiger partial charge in [0.15, 0.2) is 5.78 Å². The van der Waals surface area contributed by atoms with Gasteiger partial charge in [0.2, 0.25) is 5.78 Å². The normalized spacial score (nSPS) is 12.2. The Morgan fingerprint density at radius 1 is 1.07 bits per heavy atom. The number of Topliss-reactive ketones (excluding diaryl/α,β-unsaturated/α-hetero) is 2. The topological polar surface area (TPSA) is 63.6 Å². The standard InChI is InChI=1S/C23H26N2O3/c1-14-22(16(3)26)15(2)24-23(14)21(27)13-25(4)12-17-6-7-19-11-20(28-5)9-8-18(19)10-17/h6-11,24H,12-13H2,1-5H3/p+1. The summed E-state index contributed by atoms with van der Waals surface area (Å²) in [6.45, 7) is 6.30. The molecule has 0 radical (unpaired) electrons. The number of nitrogens with one attached hydrogen (secondary N) is 2. The number of ketones is 2. The monoisotopic (exact) mass is 379 g/mol. The Bertz CT molecular complexity index is 1050. The lowest BCUT2D eigenvalue weighted by atomic mass is 10.0. The molecule has 1 aromatic heterocycles. The van der Waals surface area contributed by atoms with Gasteiger partial charge in [-0.3, -0.25) is 9.59 Å². The number of likely N-dealkylation sites (N-methyl/N-ethyl adjacent to an activating group) is 1. The fourth-order valence-electron chi connectivity index (χ4n) is 3.84. The number of carbonyl (C=O) groups is 2. The highest BCUT2D eigenvalue weighted by atomic mass is 16.5. The van der Waals surface area contributed by atoms with Gasteiger partial charge in [0.1, 0.15) is 18.8 Å². The molecule has 5 nitrogen and oxygen atoms in total. The zero-order chi connectivity index (χ0) is 20.4. The summed E-state index contributed by atoms with van der Waals surface area (Å²) in [7, 11) is 3.67. The van der Waals surface area contributed by atoms with Crippen LogP contribution in [0.1, 0.15) is 44.6 Å². The summed E-state index contributed by atoms with van der Waals surface area (Å²) in [5, 5.41) is 2.28. The second kappa shape index (κ2) is 7.98. The number of rotatable bonds is 7. The second-order valence-electron chi connectivity index (χ2n) is 7.46. The van der Waals surface area contributed by atoms with E-state index in [1.165, 1.54) is 12.5 Å². The van der Waals surface area contributed by atoms with Crippen LogP contribution in [0.4, 0.5) is 0 Å². The van der Waals surface area contributed by atoms with E-state index in [1.54, 1.807) is 7.11 Å². The average Bonchev–Trinajstić information content (AvgIpc) is 2.95. The number of carbonyl (C=O) groups excluding carboxylic acids is 2. The van der Waals surface area contributed by atoms with Gasteiger partial charge < -0.3 is 14.6 Å². The van der Waals surface area contributed by atoms with Crippen LogP contribution in [0, 0.1) is 13.8 Å². The van der Waals surface area contributed by atoms with Crippen LogP contribution in [0.2, 0.25) is 0 Å². The molecular weight excluding hydrogens is 352 g/mol. The minimum atomic E-state index is -0.0150. The van der Waals surface area contributed by atoms with Gasteiger partial charge in [0.05, 0.1) is 19.9 Å². The van der Waals surface area contributed by atoms with Crippen molar-refractivity contribution in [2.75, 3.05) is 20.7 Å². The Kier molecular flexibility index (Phi) is 5.66. The van der Waals surface area contributed by atoms with E-state index in [-0.39, 0.29) is 11.6 Å². The highest BCUT2D eigenvalue weighted by Gasteiger charge is 2.22. The molecule has 3 rings (SSSR count). The predicted molar refractivity (Wildman–Crippen MR) is 111 cm³/mol. The maximum absolute atomic E-state index is 12.8. The van der Waals surface area contributed by atoms with E-state index >= 15 is 0 Å². The van der Waals surface area contributed by atoms with Gasteiger partial charge in [-0.2, -0.15) is 0 Å². The molecule has 0 bridgehead atoms. The molecule has 1 unspecified atom stereocenters. The van der Waals surface area contributed by atoms with Gasteiger partial charge in [-0.15, -0.1) is 0 Å². The maximum atomic E-state index is 12.8. The number of H-pyrrole nitrogens is 1. The third-order valence-corrected chi connectivity index (χ3v) is 5.15. The summed E-state index contributed by atoms with van der Waals surface area (Å²) in [6, 6.07) is 12.3. The molecule has 0 spiro atoms. The molecule has 146 valence electrons. The third kappa shape index (κ3) is 3.99. The first-order valence-electron chi connectivity index (χ1n) is 9.41. The van der Waals surface area contributed by atoms with Crippen LogP contribution in [0.15, 0.2) is 36.4 Å². The number of aromatic nitrogens is 1. The van der Waals surface area contributed by atoms with Gasteiger partial charge in [0.25, 0.3) is 0 Å². The number of aryl methyl sites for hydroxylation is 1. The molecule has 1 atom stereocenters. The van der Waals surface area contributed by atoms with E-state index in [9.17, 15) is 9.59 Å². The fourth-order valence-corrected chi connectivity index (χ4v) is 3.84. The van der Waals surface area contributed by atoms with Crippen LogP contribution in [0.5, 0.6) is 5.75 Å². The van der Waals surface area contributed by atoms with Crippen LogP contribution >= 0.6 is 0 Å². The molecule has 1 heterocycles. The molecule has 0 amide bonds. The van der Waals surface area contributed by atoms with Crippen LogP contribution in [-0.2, 0) is 6.54 Å². The zero-order valence-corrected chi connectivity index (χ0v) is 17.1. The van der Waals surface area contributed by atoms with Crippen LogP contribution in [0.3, 0.4) is 0 Å². The van der Waals surface area contributed by atoms with E-state index in [0.29, 0.717) is 17.8 Å². The minimum absolute atomic E-state index is 0.0150. The van der Waals surface area contributed by atoms with E-state index in [1.807, 2.05) is 39.1 Å². The second-order valence-corrected chi connectivity index (χ2v) is 7.46. The third-order valence-electron chi connectivity index (χ3n) is 5.15. The fraction of sp³-hybridized carbons (Fsp3) is 0.304. The number of ether oxygens (including phenoxy) is 1. The Morgan fingerprint density at radius 3 is 2.39 bits per heavy atom. The lowest BCUT2D eigenvalue weighted by molar-refractivity contribution is -0.884. The van der Waals surface area contributed by atoms with Crippen molar-refractivity contribution in [3.63, 3.8) is 0 Å². The Morgan fingerprint density at radius 2 is 1.75 bits per heavy atom. The summed E-state index contributed by atoms with van der Waals surface area (Å²) in [4.78, 5) is 28.7. The molecule has 28 heavy (non-hydrogen) atoms. The van der Waals surface area contributed by atoms with Crippen LogP contribution < -0.4 is 9.64 Å². The summed E-state index contributed by atoms with van der Waals surface area (Å²) in [5.41, 5.74) is 3.86. The number of aromatic amines is 1. The van der Waals surface area contributed by atoms with E-state index in [0.717, 1.165) is 39.2 Å².